The summed E-state index contributed by atoms with van der Waals surface area (Å²) in [7, 11) is 0. The number of carboxylic acid groups (broad SMARTS) is 1. The van der Waals surface area contributed by atoms with Crippen molar-refractivity contribution in [1.29, 1.82) is 0 Å². The zero-order chi connectivity index (χ0) is 13.8. The summed E-state index contributed by atoms with van der Waals surface area (Å²) in [5.74, 6) is -0.168. The fraction of sp³-hybridized carbons (Fsp3) is 0.357. The lowest BCUT2D eigenvalue weighted by Gasteiger charge is -2.11. The number of aromatic nitrogens is 2. The molecule has 5 nitrogen and oxygen atoms in total. The van der Waals surface area contributed by atoms with Crippen LogP contribution in [0.3, 0.4) is 0 Å². The summed E-state index contributed by atoms with van der Waals surface area (Å²) in [6, 6.07) is 7.22. The first-order valence-corrected chi connectivity index (χ1v) is 6.33. The minimum atomic E-state index is -0.828. The fourth-order valence-electron chi connectivity index (χ4n) is 2.13. The van der Waals surface area contributed by atoms with Gasteiger partial charge in [-0.1, -0.05) is 12.1 Å². The van der Waals surface area contributed by atoms with Gasteiger partial charge in [-0.05, 0) is 25.5 Å². The molecule has 0 aliphatic carbocycles. The van der Waals surface area contributed by atoms with E-state index in [1.807, 2.05) is 19.1 Å². The maximum atomic E-state index is 12.3. The number of carbonyl (C=O) groups is 1. The first-order chi connectivity index (χ1) is 9.13. The number of hydrogen-bond donors (Lipinski definition) is 1. The average Bonchev–Trinajstić information content (AvgIpc) is 2.39. The number of nitrogens with zero attached hydrogens (tertiary/aromatic N) is 2. The van der Waals surface area contributed by atoms with E-state index in [1.165, 1.54) is 0 Å². The van der Waals surface area contributed by atoms with Crippen molar-refractivity contribution in [3.8, 4) is 0 Å². The molecule has 0 saturated carbocycles. The van der Waals surface area contributed by atoms with Gasteiger partial charge in [-0.15, -0.1) is 0 Å². The molecule has 100 valence electrons. The van der Waals surface area contributed by atoms with Crippen molar-refractivity contribution in [2.24, 2.45) is 0 Å². The number of carboxylic acids is 1. The Labute approximate surface area is 110 Å². The number of aryl methyl sites for hydroxylation is 1. The quantitative estimate of drug-likeness (QED) is 0.890. The lowest BCUT2D eigenvalue weighted by molar-refractivity contribution is -0.137. The maximum Gasteiger partial charge on any atom is 0.303 e. The van der Waals surface area contributed by atoms with Gasteiger partial charge in [0.2, 0.25) is 0 Å². The monoisotopic (exact) mass is 260 g/mol. The van der Waals surface area contributed by atoms with Crippen molar-refractivity contribution in [2.75, 3.05) is 0 Å². The number of fused-ring (bicyclic) bond motifs is 1. The number of benzene rings is 1. The molecule has 0 saturated heterocycles. The first kappa shape index (κ1) is 13.3. The minimum Gasteiger partial charge on any atom is -0.481 e. The lowest BCUT2D eigenvalue weighted by atomic mass is 10.2. The molecule has 0 aliphatic heterocycles. The predicted molar refractivity (Wildman–Crippen MR) is 72.3 cm³/mol. The third-order valence-corrected chi connectivity index (χ3v) is 3.05. The normalized spacial score (nSPS) is 10.8. The third-order valence-electron chi connectivity index (χ3n) is 3.05. The highest BCUT2D eigenvalue weighted by atomic mass is 16.4. The highest BCUT2D eigenvalue weighted by Crippen LogP contribution is 2.09. The van der Waals surface area contributed by atoms with E-state index in [-0.39, 0.29) is 12.0 Å². The van der Waals surface area contributed by atoms with Crippen molar-refractivity contribution >= 4 is 16.9 Å². The van der Waals surface area contributed by atoms with Crippen LogP contribution in [0.15, 0.2) is 29.1 Å². The molecule has 1 aromatic carbocycles. The van der Waals surface area contributed by atoms with Gasteiger partial charge >= 0.3 is 5.97 Å². The van der Waals surface area contributed by atoms with Crippen LogP contribution in [0.4, 0.5) is 0 Å². The van der Waals surface area contributed by atoms with Crippen LogP contribution in [0, 0.1) is 0 Å². The van der Waals surface area contributed by atoms with Crippen LogP contribution in [-0.4, -0.2) is 20.6 Å². The Morgan fingerprint density at radius 3 is 2.79 bits per heavy atom. The summed E-state index contributed by atoms with van der Waals surface area (Å²) >= 11 is 0. The molecule has 0 atom stereocenters. The van der Waals surface area contributed by atoms with Gasteiger partial charge in [0.25, 0.3) is 5.56 Å². The third kappa shape index (κ3) is 2.81. The Balaban J connectivity index is 2.42. The number of rotatable bonds is 5. The molecule has 0 fully saturated rings. The van der Waals surface area contributed by atoms with Gasteiger partial charge in [0, 0.05) is 19.4 Å². The van der Waals surface area contributed by atoms with E-state index in [9.17, 15) is 9.59 Å². The van der Waals surface area contributed by atoms with Crippen LogP contribution in [0.25, 0.3) is 10.9 Å². The van der Waals surface area contributed by atoms with Gasteiger partial charge in [-0.2, -0.15) is 0 Å². The second kappa shape index (κ2) is 5.65. The molecule has 1 N–H and O–H groups in total. The molecule has 0 amide bonds. The Kier molecular flexibility index (Phi) is 3.94. The second-order valence-corrected chi connectivity index (χ2v) is 4.34. The summed E-state index contributed by atoms with van der Waals surface area (Å²) < 4.78 is 1.62. The SMILES string of the molecule is CCn1c(CCCC(=O)O)nc2ccccc2c1=O. The largest absolute Gasteiger partial charge is 0.481 e. The zero-order valence-electron chi connectivity index (χ0n) is 10.8. The highest BCUT2D eigenvalue weighted by Gasteiger charge is 2.09. The van der Waals surface area contributed by atoms with Gasteiger partial charge in [0.15, 0.2) is 0 Å². The molecule has 19 heavy (non-hydrogen) atoms. The predicted octanol–water partition coefficient (Wildman–Crippen LogP) is 1.82. The number of para-hydroxylation sites is 1. The van der Waals surface area contributed by atoms with Crippen LogP contribution in [0.2, 0.25) is 0 Å². The van der Waals surface area contributed by atoms with Crippen molar-refractivity contribution in [3.63, 3.8) is 0 Å². The molecule has 0 unspecified atom stereocenters. The summed E-state index contributed by atoms with van der Waals surface area (Å²) in [4.78, 5) is 27.3. The number of hydrogen-bond acceptors (Lipinski definition) is 3. The Hall–Kier alpha value is -2.17. The fourth-order valence-corrected chi connectivity index (χ4v) is 2.13. The van der Waals surface area contributed by atoms with Crippen molar-refractivity contribution in [1.82, 2.24) is 9.55 Å². The van der Waals surface area contributed by atoms with E-state index in [0.29, 0.717) is 36.1 Å². The van der Waals surface area contributed by atoms with Gasteiger partial charge in [0.1, 0.15) is 5.82 Å². The van der Waals surface area contributed by atoms with Crippen LogP contribution in [-0.2, 0) is 17.8 Å². The lowest BCUT2D eigenvalue weighted by Crippen LogP contribution is -2.24. The molecule has 2 rings (SSSR count). The number of aliphatic carboxylic acids is 1. The smallest absolute Gasteiger partial charge is 0.303 e. The minimum absolute atomic E-state index is 0.0570. The average molecular weight is 260 g/mol. The summed E-state index contributed by atoms with van der Waals surface area (Å²) in [5, 5.41) is 9.26. The van der Waals surface area contributed by atoms with E-state index < -0.39 is 5.97 Å². The molecule has 0 aliphatic rings. The molecule has 0 spiro atoms. The standard InChI is InChI=1S/C14H16N2O3/c1-2-16-12(8-5-9-13(17)18)15-11-7-4-3-6-10(11)14(16)19/h3-4,6-7H,2,5,8-9H2,1H3,(H,17,18). The van der Waals surface area contributed by atoms with Crippen LogP contribution in [0.5, 0.6) is 0 Å². The summed E-state index contributed by atoms with van der Waals surface area (Å²) in [6.07, 6.45) is 1.08. The molecule has 1 aromatic heterocycles. The van der Waals surface area contributed by atoms with Gasteiger partial charge in [0.05, 0.1) is 10.9 Å². The van der Waals surface area contributed by atoms with E-state index in [0.717, 1.165) is 0 Å². The van der Waals surface area contributed by atoms with Crippen molar-refractivity contribution < 1.29 is 9.90 Å². The van der Waals surface area contributed by atoms with Crippen molar-refractivity contribution in [2.45, 2.75) is 32.7 Å². The Bertz CT molecular complexity index is 661. The van der Waals surface area contributed by atoms with Crippen LogP contribution in [0.1, 0.15) is 25.6 Å². The molecule has 0 radical (unpaired) electrons. The molecular formula is C14H16N2O3. The van der Waals surface area contributed by atoms with E-state index >= 15 is 0 Å². The van der Waals surface area contributed by atoms with Crippen LogP contribution >= 0.6 is 0 Å². The van der Waals surface area contributed by atoms with Crippen LogP contribution < -0.4 is 5.56 Å². The van der Waals surface area contributed by atoms with E-state index in [2.05, 4.69) is 4.98 Å². The second-order valence-electron chi connectivity index (χ2n) is 4.34. The highest BCUT2D eigenvalue weighted by molar-refractivity contribution is 5.77. The topological polar surface area (TPSA) is 72.2 Å². The Morgan fingerprint density at radius 1 is 1.37 bits per heavy atom. The Morgan fingerprint density at radius 2 is 2.11 bits per heavy atom. The zero-order valence-corrected chi connectivity index (χ0v) is 10.8. The maximum absolute atomic E-state index is 12.3. The van der Waals surface area contributed by atoms with E-state index in [4.69, 9.17) is 5.11 Å². The van der Waals surface area contributed by atoms with Gasteiger partial charge < -0.3 is 5.11 Å². The first-order valence-electron chi connectivity index (χ1n) is 6.33. The molecule has 0 bridgehead atoms. The molecule has 1 heterocycles. The molecule has 2 aromatic rings. The van der Waals surface area contributed by atoms with Gasteiger partial charge in [-0.3, -0.25) is 14.2 Å². The van der Waals surface area contributed by atoms with E-state index in [1.54, 1.807) is 16.7 Å². The van der Waals surface area contributed by atoms with Crippen molar-refractivity contribution in [3.05, 3.63) is 40.4 Å². The summed E-state index contributed by atoms with van der Waals surface area (Å²) in [6.45, 7) is 2.43. The van der Waals surface area contributed by atoms with Gasteiger partial charge in [-0.25, -0.2) is 4.98 Å². The summed E-state index contributed by atoms with van der Waals surface area (Å²) in [5.41, 5.74) is 0.612. The molecule has 5 heteroatoms. The molecular weight excluding hydrogens is 244 g/mol.